The highest BCUT2D eigenvalue weighted by Gasteiger charge is 2.22. The summed E-state index contributed by atoms with van der Waals surface area (Å²) in [6.07, 6.45) is 0. The molecule has 1 atom stereocenters. The Bertz CT molecular complexity index is 1450. The molecule has 0 saturated heterocycles. The first kappa shape index (κ1) is 24.2. The molecule has 0 aliphatic rings. The molecule has 0 spiro atoms. The average molecular weight is 485 g/mol. The van der Waals surface area contributed by atoms with E-state index < -0.39 is 10.0 Å². The Kier molecular flexibility index (Phi) is 7.03. The zero-order valence-electron chi connectivity index (χ0n) is 19.9. The van der Waals surface area contributed by atoms with Gasteiger partial charge in [0.2, 0.25) is 0 Å². The van der Waals surface area contributed by atoms with Gasteiger partial charge in [-0.2, -0.15) is 0 Å². The van der Waals surface area contributed by atoms with Gasteiger partial charge in [0, 0.05) is 11.3 Å². The van der Waals surface area contributed by atoms with Gasteiger partial charge in [0.05, 0.1) is 10.9 Å². The molecule has 1 amide bonds. The molecule has 4 aromatic carbocycles. The molecule has 0 aliphatic carbocycles. The molecule has 4 rings (SSSR count). The number of nitrogens with one attached hydrogen (secondary N) is 2. The van der Waals surface area contributed by atoms with Crippen LogP contribution in [0.2, 0.25) is 0 Å². The lowest BCUT2D eigenvalue weighted by Gasteiger charge is -2.21. The number of amides is 1. The lowest BCUT2D eigenvalue weighted by atomic mass is 9.97. The highest BCUT2D eigenvalue weighted by molar-refractivity contribution is 7.92. The number of hydrogen-bond donors (Lipinski definition) is 2. The number of carbonyl (C=O) groups excluding carboxylic acids is 1. The van der Waals surface area contributed by atoms with Gasteiger partial charge in [-0.1, -0.05) is 78.4 Å². The van der Waals surface area contributed by atoms with Crippen molar-refractivity contribution in [3.8, 4) is 0 Å². The van der Waals surface area contributed by atoms with Crippen LogP contribution in [0.4, 0.5) is 5.69 Å². The second kappa shape index (κ2) is 10.2. The Hall–Kier alpha value is -3.90. The Morgan fingerprint density at radius 1 is 0.714 bits per heavy atom. The van der Waals surface area contributed by atoms with Gasteiger partial charge in [0.15, 0.2) is 0 Å². The highest BCUT2D eigenvalue weighted by Crippen LogP contribution is 2.25. The maximum atomic E-state index is 13.3. The third-order valence-corrected chi connectivity index (χ3v) is 7.35. The van der Waals surface area contributed by atoms with Crippen LogP contribution in [-0.2, 0) is 10.0 Å². The number of aryl methyl sites for hydroxylation is 3. The third-order valence-electron chi connectivity index (χ3n) is 5.83. The molecular weight excluding hydrogens is 456 g/mol. The fourth-order valence-corrected chi connectivity index (χ4v) is 5.25. The minimum atomic E-state index is -3.88. The molecule has 4 aromatic rings. The molecule has 6 heteroatoms. The van der Waals surface area contributed by atoms with Crippen LogP contribution < -0.4 is 10.0 Å². The van der Waals surface area contributed by atoms with Crippen molar-refractivity contribution < 1.29 is 13.2 Å². The lowest BCUT2D eigenvalue weighted by Crippen LogP contribution is -2.29. The van der Waals surface area contributed by atoms with E-state index in [1.54, 1.807) is 37.3 Å². The summed E-state index contributed by atoms with van der Waals surface area (Å²) < 4.78 is 28.9. The molecule has 0 saturated carbocycles. The van der Waals surface area contributed by atoms with Crippen LogP contribution in [-0.4, -0.2) is 14.3 Å². The molecule has 0 unspecified atom stereocenters. The van der Waals surface area contributed by atoms with E-state index >= 15 is 0 Å². The first-order valence-electron chi connectivity index (χ1n) is 11.4. The molecule has 5 nitrogen and oxygen atoms in total. The average Bonchev–Trinajstić information content (AvgIpc) is 2.83. The van der Waals surface area contributed by atoms with Gasteiger partial charge in [-0.15, -0.1) is 0 Å². The zero-order chi connectivity index (χ0) is 25.0. The zero-order valence-corrected chi connectivity index (χ0v) is 20.8. The Balaban J connectivity index is 1.65. The first-order chi connectivity index (χ1) is 16.7. The van der Waals surface area contributed by atoms with Crippen LogP contribution in [0.5, 0.6) is 0 Å². The molecule has 178 valence electrons. The normalized spacial score (nSPS) is 12.1. The fourth-order valence-electron chi connectivity index (χ4n) is 3.93. The van der Waals surface area contributed by atoms with Gasteiger partial charge in [0.25, 0.3) is 15.9 Å². The fraction of sp³-hybridized carbons (Fsp3) is 0.138. The van der Waals surface area contributed by atoms with Gasteiger partial charge >= 0.3 is 0 Å². The third kappa shape index (κ3) is 5.78. The van der Waals surface area contributed by atoms with E-state index in [1.165, 1.54) is 6.07 Å². The van der Waals surface area contributed by atoms with E-state index in [0.29, 0.717) is 11.3 Å². The Labute approximate surface area is 206 Å². The van der Waals surface area contributed by atoms with Gasteiger partial charge in [-0.25, -0.2) is 8.42 Å². The van der Waals surface area contributed by atoms with Crippen LogP contribution >= 0.6 is 0 Å². The number of hydrogen-bond acceptors (Lipinski definition) is 3. The van der Waals surface area contributed by atoms with Crippen LogP contribution in [0.3, 0.4) is 0 Å². The predicted molar refractivity (Wildman–Crippen MR) is 140 cm³/mol. The number of carbonyl (C=O) groups is 1. The van der Waals surface area contributed by atoms with Crippen molar-refractivity contribution in [1.82, 2.24) is 5.32 Å². The molecule has 35 heavy (non-hydrogen) atoms. The van der Waals surface area contributed by atoms with Crippen LogP contribution in [0.1, 0.15) is 44.2 Å². The molecule has 0 bridgehead atoms. The summed E-state index contributed by atoms with van der Waals surface area (Å²) in [4.78, 5) is 13.4. The van der Waals surface area contributed by atoms with Crippen molar-refractivity contribution in [2.45, 2.75) is 31.7 Å². The largest absolute Gasteiger partial charge is 0.341 e. The molecular formula is C29H28N2O3S. The Morgan fingerprint density at radius 2 is 1.40 bits per heavy atom. The van der Waals surface area contributed by atoms with E-state index in [4.69, 9.17) is 0 Å². The van der Waals surface area contributed by atoms with Crippen molar-refractivity contribution in [2.75, 3.05) is 4.72 Å². The van der Waals surface area contributed by atoms with Crippen molar-refractivity contribution >= 4 is 21.6 Å². The van der Waals surface area contributed by atoms with Crippen molar-refractivity contribution in [3.05, 3.63) is 130 Å². The van der Waals surface area contributed by atoms with E-state index in [9.17, 15) is 13.2 Å². The molecule has 0 fully saturated rings. The highest BCUT2D eigenvalue weighted by atomic mass is 32.2. The second-order valence-electron chi connectivity index (χ2n) is 8.68. The quantitative estimate of drug-likeness (QED) is 0.341. The predicted octanol–water partition coefficient (Wildman–Crippen LogP) is 5.93. The van der Waals surface area contributed by atoms with Gasteiger partial charge in [-0.3, -0.25) is 9.52 Å². The van der Waals surface area contributed by atoms with E-state index in [-0.39, 0.29) is 22.4 Å². The smallest absolute Gasteiger partial charge is 0.262 e. The summed E-state index contributed by atoms with van der Waals surface area (Å²) in [6, 6.07) is 29.2. The van der Waals surface area contributed by atoms with Crippen LogP contribution in [0, 0.1) is 20.8 Å². The van der Waals surface area contributed by atoms with Gasteiger partial charge < -0.3 is 5.32 Å². The van der Waals surface area contributed by atoms with Gasteiger partial charge in [0.1, 0.15) is 0 Å². The van der Waals surface area contributed by atoms with Gasteiger partial charge in [-0.05, 0) is 67.3 Å². The van der Waals surface area contributed by atoms with E-state index in [0.717, 1.165) is 22.3 Å². The minimum absolute atomic E-state index is 0.0678. The standard InChI is InChI=1S/C29H28N2O3S/c1-20-12-15-24(16-13-20)28(23-9-5-4-6-10-23)30-29(32)25-17-14-22(3)27(19-25)35(33,34)31-26-11-7-8-21(2)18-26/h4-19,28,31H,1-3H3,(H,30,32)/t28-/m1/s1. The molecule has 0 aromatic heterocycles. The summed E-state index contributed by atoms with van der Waals surface area (Å²) >= 11 is 0. The summed E-state index contributed by atoms with van der Waals surface area (Å²) in [7, 11) is -3.88. The topological polar surface area (TPSA) is 75.3 Å². The van der Waals surface area contributed by atoms with Crippen LogP contribution in [0.25, 0.3) is 0 Å². The maximum Gasteiger partial charge on any atom is 0.262 e. The summed E-state index contributed by atoms with van der Waals surface area (Å²) in [5.41, 5.74) is 5.25. The second-order valence-corrected chi connectivity index (χ2v) is 10.3. The van der Waals surface area contributed by atoms with Crippen molar-refractivity contribution in [2.24, 2.45) is 0 Å². The maximum absolute atomic E-state index is 13.3. The molecule has 0 radical (unpaired) electrons. The summed E-state index contributed by atoms with van der Waals surface area (Å²) in [6.45, 7) is 5.62. The van der Waals surface area contributed by atoms with E-state index in [2.05, 4.69) is 10.0 Å². The number of benzene rings is 4. The monoisotopic (exact) mass is 484 g/mol. The Morgan fingerprint density at radius 3 is 2.09 bits per heavy atom. The van der Waals surface area contributed by atoms with Crippen LogP contribution in [0.15, 0.2) is 102 Å². The summed E-state index contributed by atoms with van der Waals surface area (Å²) in [5, 5.41) is 3.09. The molecule has 0 heterocycles. The SMILES string of the molecule is Cc1ccc([C@H](NC(=O)c2ccc(C)c(S(=O)(=O)Nc3cccc(C)c3)c2)c2ccccc2)cc1. The minimum Gasteiger partial charge on any atom is -0.341 e. The van der Waals surface area contributed by atoms with Crippen molar-refractivity contribution in [1.29, 1.82) is 0 Å². The summed E-state index contributed by atoms with van der Waals surface area (Å²) in [5.74, 6) is -0.355. The molecule has 0 aliphatic heterocycles. The first-order valence-corrected chi connectivity index (χ1v) is 12.8. The number of rotatable bonds is 7. The molecule has 2 N–H and O–H groups in total. The van der Waals surface area contributed by atoms with Crippen molar-refractivity contribution in [3.63, 3.8) is 0 Å². The lowest BCUT2D eigenvalue weighted by molar-refractivity contribution is 0.0942. The number of anilines is 1. The van der Waals surface area contributed by atoms with E-state index in [1.807, 2.05) is 74.5 Å². The number of sulfonamides is 1.